The van der Waals surface area contributed by atoms with Crippen LogP contribution in [0.4, 0.5) is 4.79 Å². The number of phosphoric acid groups is 1. The molecule has 4 aromatic carbocycles. The third-order valence-corrected chi connectivity index (χ3v) is 15.5. The number of nitrogens with one attached hydrogen (secondary N) is 4. The van der Waals surface area contributed by atoms with Crippen molar-refractivity contribution in [3.05, 3.63) is 131 Å². The standard InChI is InChI=1S/C52H63N6O11P.2C4H8O2/c1-33(2)29-42(46(59)53-43(48(61)57(4)5)30-35-17-8-6-9-18-35)54-50(63)52(26-27-52)56-47(60)44-25-16-28-58(44)49(62)45(34(3)69-70(65,66)68-31-36-19-10-7-11-20-36)55-51(64)67-32-41-39-23-14-12-21-37(39)38-22-13-15-24-40(38)41;2*1-2-6-4-3-5-1/h6-15,17-24,33-34,41-45H,16,25-32H2,1-5H3,(H,53,59)(H,54,63)(H,55,64)(H,56,60)(H,65,66);2*1-4H2/t34-,42+,43-,44-,45+;;/m1../s1. The molecule has 1 unspecified atom stereocenters. The molecule has 5 N–H and O–H groups in total. The molecule has 82 heavy (non-hydrogen) atoms. The lowest BCUT2D eigenvalue weighted by atomic mass is 9.98. The maximum absolute atomic E-state index is 14.7. The van der Waals surface area contributed by atoms with Crippen molar-refractivity contribution in [2.45, 2.75) is 108 Å². The van der Waals surface area contributed by atoms with Crippen LogP contribution in [0.3, 0.4) is 0 Å². The molecule has 3 saturated heterocycles. The summed E-state index contributed by atoms with van der Waals surface area (Å²) in [5.74, 6) is -3.20. The summed E-state index contributed by atoms with van der Waals surface area (Å²) in [5.41, 5.74) is 4.02. The molecule has 0 aromatic heterocycles. The van der Waals surface area contributed by atoms with Crippen molar-refractivity contribution in [2.24, 2.45) is 5.92 Å². The molecule has 0 radical (unpaired) electrons. The lowest BCUT2D eigenvalue weighted by molar-refractivity contribution is -0.142. The van der Waals surface area contributed by atoms with Crippen LogP contribution >= 0.6 is 7.82 Å². The molecule has 6 amide bonds. The highest BCUT2D eigenvalue weighted by molar-refractivity contribution is 7.47. The average Bonchev–Trinajstić information content (AvgIpc) is 4.15. The number of likely N-dealkylation sites (N-methyl/N-ethyl adjacent to an activating group) is 1. The highest BCUT2D eigenvalue weighted by Gasteiger charge is 2.54. The largest absolute Gasteiger partial charge is 0.472 e. The van der Waals surface area contributed by atoms with Crippen molar-refractivity contribution in [3.63, 3.8) is 0 Å². The summed E-state index contributed by atoms with van der Waals surface area (Å²) in [7, 11) is -1.65. The van der Waals surface area contributed by atoms with Crippen molar-refractivity contribution < 1.29 is 71.0 Å². The number of benzene rings is 4. The van der Waals surface area contributed by atoms with Gasteiger partial charge in [0.15, 0.2) is 0 Å². The van der Waals surface area contributed by atoms with E-state index in [1.165, 1.54) is 16.7 Å². The van der Waals surface area contributed by atoms with Crippen LogP contribution in [0.1, 0.15) is 81.0 Å². The van der Waals surface area contributed by atoms with Gasteiger partial charge in [-0.05, 0) is 78.3 Å². The van der Waals surface area contributed by atoms with E-state index in [2.05, 4.69) is 21.3 Å². The lowest BCUT2D eigenvalue weighted by Crippen LogP contribution is -2.61. The van der Waals surface area contributed by atoms with Gasteiger partial charge in [0.2, 0.25) is 29.5 Å². The smallest absolute Gasteiger partial charge is 0.449 e. The monoisotopic (exact) mass is 1150 g/mol. The van der Waals surface area contributed by atoms with Gasteiger partial charge in [-0.25, -0.2) is 9.36 Å². The molecule has 5 aliphatic rings. The molecule has 21 nitrogen and oxygen atoms in total. The Labute approximate surface area is 480 Å². The Hall–Kier alpha value is -6.55. The number of amides is 6. The van der Waals surface area contributed by atoms with Crippen molar-refractivity contribution in [1.82, 2.24) is 31.1 Å². The molecular formula is C60H79N6O15P. The first-order valence-electron chi connectivity index (χ1n) is 28.1. The first kappa shape index (κ1) is 63.0. The van der Waals surface area contributed by atoms with Crippen LogP contribution in [-0.2, 0) is 74.3 Å². The predicted molar refractivity (Wildman–Crippen MR) is 304 cm³/mol. The van der Waals surface area contributed by atoms with E-state index in [1.54, 1.807) is 44.4 Å². The number of carbonyl (C=O) groups is 6. The maximum atomic E-state index is 14.7. The van der Waals surface area contributed by atoms with Gasteiger partial charge in [0.25, 0.3) is 0 Å². The SMILES string of the molecule is C1COCCO1.C1COCCO1.CC(C)C[C@H](NC(=O)C1(NC(=O)[C@H]2CCCN2C(=O)[C@@H](NC(=O)OCC2c3ccccc3-c3ccccc32)[C@@H](C)OP(=O)(O)OCc2ccccc2)CC1)C(=O)N[C@H](Cc1ccccc1)C(=O)N(C)C. The molecule has 22 heteroatoms. The normalized spacial score (nSPS) is 19.1. The molecule has 4 aromatic rings. The summed E-state index contributed by atoms with van der Waals surface area (Å²) in [6.45, 7) is 11.1. The third kappa shape index (κ3) is 18.2. The summed E-state index contributed by atoms with van der Waals surface area (Å²) >= 11 is 0. The fraction of sp³-hybridized carbons (Fsp3) is 0.500. The van der Waals surface area contributed by atoms with Crippen LogP contribution < -0.4 is 21.3 Å². The van der Waals surface area contributed by atoms with Crippen molar-refractivity contribution in [3.8, 4) is 11.1 Å². The molecule has 0 spiro atoms. The maximum Gasteiger partial charge on any atom is 0.472 e. The molecule has 4 fully saturated rings. The lowest BCUT2D eigenvalue weighted by Gasteiger charge is -2.32. The molecule has 9 rings (SSSR count). The summed E-state index contributed by atoms with van der Waals surface area (Å²) in [4.78, 5) is 97.4. The Bertz CT molecular complexity index is 2720. The van der Waals surface area contributed by atoms with Gasteiger partial charge < -0.3 is 59.6 Å². The topological polar surface area (TPSA) is 259 Å². The van der Waals surface area contributed by atoms with E-state index in [9.17, 15) is 38.2 Å². The van der Waals surface area contributed by atoms with Crippen LogP contribution in [0.5, 0.6) is 0 Å². The number of fused-ring (bicyclic) bond motifs is 3. The number of nitrogens with zero attached hydrogens (tertiary/aromatic N) is 2. The Kier molecular flexibility index (Phi) is 23.6. The Morgan fingerprint density at radius 2 is 1.23 bits per heavy atom. The van der Waals surface area contributed by atoms with Crippen LogP contribution in [-0.4, -0.2) is 166 Å². The van der Waals surface area contributed by atoms with Crippen LogP contribution in [0, 0.1) is 5.92 Å². The zero-order valence-electron chi connectivity index (χ0n) is 47.5. The van der Waals surface area contributed by atoms with E-state index in [1.807, 2.05) is 92.7 Å². The number of carbonyl (C=O) groups excluding carboxylic acids is 6. The summed E-state index contributed by atoms with van der Waals surface area (Å²) in [6.07, 6.45) is -0.865. The van der Waals surface area contributed by atoms with Gasteiger partial charge in [0, 0.05) is 33.0 Å². The molecule has 6 atom stereocenters. The van der Waals surface area contributed by atoms with E-state index in [0.29, 0.717) is 12.0 Å². The third-order valence-electron chi connectivity index (χ3n) is 14.4. The second-order valence-electron chi connectivity index (χ2n) is 21.3. The Balaban J connectivity index is 0.000000714. The molecular weight excluding hydrogens is 1080 g/mol. The van der Waals surface area contributed by atoms with Gasteiger partial charge in [0.05, 0.1) is 65.6 Å². The van der Waals surface area contributed by atoms with Crippen molar-refractivity contribution >= 4 is 43.5 Å². The number of ether oxygens (including phenoxy) is 5. The van der Waals surface area contributed by atoms with Gasteiger partial charge in [-0.2, -0.15) is 0 Å². The zero-order chi connectivity index (χ0) is 58.7. The molecule has 2 aliphatic carbocycles. The van der Waals surface area contributed by atoms with Crippen LogP contribution in [0.2, 0.25) is 0 Å². The highest BCUT2D eigenvalue weighted by atomic mass is 31.2. The molecule has 1 saturated carbocycles. The Morgan fingerprint density at radius 1 is 0.707 bits per heavy atom. The van der Waals surface area contributed by atoms with E-state index in [0.717, 1.165) is 80.7 Å². The summed E-state index contributed by atoms with van der Waals surface area (Å²) in [6, 6.07) is 28.8. The summed E-state index contributed by atoms with van der Waals surface area (Å²) in [5, 5.41) is 11.1. The van der Waals surface area contributed by atoms with Gasteiger partial charge in [0.1, 0.15) is 36.3 Å². The molecule has 444 valence electrons. The van der Waals surface area contributed by atoms with Gasteiger partial charge >= 0.3 is 13.9 Å². The number of hydrogen-bond donors (Lipinski definition) is 5. The minimum absolute atomic E-state index is 0.0347. The van der Waals surface area contributed by atoms with Crippen LogP contribution in [0.15, 0.2) is 109 Å². The number of phosphoric ester groups is 1. The fourth-order valence-corrected chi connectivity index (χ4v) is 10.9. The van der Waals surface area contributed by atoms with Crippen molar-refractivity contribution in [2.75, 3.05) is 80.1 Å². The predicted octanol–water partition coefficient (Wildman–Crippen LogP) is 5.67. The van der Waals surface area contributed by atoms with E-state index >= 15 is 0 Å². The van der Waals surface area contributed by atoms with Gasteiger partial charge in [-0.1, -0.05) is 123 Å². The molecule has 3 aliphatic heterocycles. The first-order valence-corrected chi connectivity index (χ1v) is 29.6. The number of likely N-dealkylation sites (tertiary alicyclic amines) is 1. The minimum atomic E-state index is -4.85. The number of rotatable bonds is 21. The Morgan fingerprint density at radius 3 is 1.74 bits per heavy atom. The number of alkyl carbamates (subject to hydrolysis) is 1. The van der Waals surface area contributed by atoms with Gasteiger partial charge in [-0.3, -0.25) is 33.0 Å². The van der Waals surface area contributed by atoms with E-state index in [4.69, 9.17) is 32.7 Å². The second kappa shape index (κ2) is 30.7. The first-order chi connectivity index (χ1) is 39.4. The van der Waals surface area contributed by atoms with Crippen LogP contribution in [0.25, 0.3) is 11.1 Å². The zero-order valence-corrected chi connectivity index (χ0v) is 48.4. The quantitative estimate of drug-likeness (QED) is 0.0630. The summed E-state index contributed by atoms with van der Waals surface area (Å²) < 4.78 is 49.7. The molecule has 0 bridgehead atoms. The highest BCUT2D eigenvalue weighted by Crippen LogP contribution is 2.47. The number of hydrogen-bond acceptors (Lipinski definition) is 14. The van der Waals surface area contributed by atoms with E-state index in [-0.39, 0.29) is 69.6 Å². The van der Waals surface area contributed by atoms with E-state index < -0.39 is 73.4 Å². The minimum Gasteiger partial charge on any atom is -0.449 e. The fourth-order valence-electron chi connectivity index (χ4n) is 10.0. The molecule has 3 heterocycles. The second-order valence-corrected chi connectivity index (χ2v) is 22.7. The van der Waals surface area contributed by atoms with Crippen molar-refractivity contribution in [1.29, 1.82) is 0 Å². The van der Waals surface area contributed by atoms with Gasteiger partial charge in [-0.15, -0.1) is 0 Å². The average molecular weight is 1160 g/mol.